The Hall–Kier alpha value is -2.64. The number of pyridine rings is 1. The van der Waals surface area contributed by atoms with E-state index in [9.17, 15) is 9.18 Å². The minimum absolute atomic E-state index is 0. The third kappa shape index (κ3) is 5.14. The maximum Gasteiger partial charge on any atom is 0.240 e. The second-order valence-corrected chi connectivity index (χ2v) is 8.89. The van der Waals surface area contributed by atoms with E-state index in [1.54, 1.807) is 6.07 Å². The molecule has 2 fully saturated rings. The number of amides is 1. The largest absolute Gasteiger partial charge is 0.352 e. The molecule has 1 saturated carbocycles. The van der Waals surface area contributed by atoms with Gasteiger partial charge in [0.25, 0.3) is 0 Å². The lowest BCUT2D eigenvalue weighted by molar-refractivity contribution is -0.120. The summed E-state index contributed by atoms with van der Waals surface area (Å²) in [5, 5.41) is 6.58. The molecule has 176 valence electrons. The number of piperidine rings is 1. The number of fused-ring (bicyclic) bond motifs is 1. The lowest BCUT2D eigenvalue weighted by Crippen LogP contribution is -2.40. The van der Waals surface area contributed by atoms with Crippen molar-refractivity contribution in [3.63, 3.8) is 0 Å². The van der Waals surface area contributed by atoms with Gasteiger partial charge in [-0.1, -0.05) is 25.0 Å². The number of hydrogen-bond acceptors (Lipinski definition) is 4. The van der Waals surface area contributed by atoms with Crippen LogP contribution in [-0.4, -0.2) is 41.0 Å². The van der Waals surface area contributed by atoms with E-state index in [0.29, 0.717) is 17.6 Å². The molecule has 8 heteroatoms. The molecule has 2 aromatic heterocycles. The molecule has 0 bridgehead atoms. The summed E-state index contributed by atoms with van der Waals surface area (Å²) in [4.78, 5) is 19.9. The highest BCUT2D eigenvalue weighted by Crippen LogP contribution is 2.33. The topological polar surface area (TPSA) is 61.7 Å². The van der Waals surface area contributed by atoms with Gasteiger partial charge in [-0.05, 0) is 69.1 Å². The Morgan fingerprint density at radius 2 is 1.91 bits per heavy atom. The van der Waals surface area contributed by atoms with Gasteiger partial charge in [0.05, 0.1) is 11.2 Å². The highest BCUT2D eigenvalue weighted by atomic mass is 35.5. The summed E-state index contributed by atoms with van der Waals surface area (Å²) >= 11 is 0. The van der Waals surface area contributed by atoms with E-state index in [0.717, 1.165) is 62.8 Å². The van der Waals surface area contributed by atoms with Crippen LogP contribution in [0.1, 0.15) is 50.1 Å². The molecule has 2 N–H and O–H groups in total. The fourth-order valence-corrected chi connectivity index (χ4v) is 5.04. The van der Waals surface area contributed by atoms with Gasteiger partial charge in [-0.25, -0.2) is 9.37 Å². The van der Waals surface area contributed by atoms with Crippen LogP contribution in [0.25, 0.3) is 5.52 Å². The maximum absolute atomic E-state index is 14.2. The van der Waals surface area contributed by atoms with Crippen molar-refractivity contribution in [2.45, 2.75) is 50.5 Å². The van der Waals surface area contributed by atoms with E-state index in [-0.39, 0.29) is 36.7 Å². The number of carbonyl (C=O) groups excluding carboxylic acids is 1. The number of rotatable bonds is 6. The number of nitrogens with zero attached hydrogens (tertiary/aromatic N) is 3. The summed E-state index contributed by atoms with van der Waals surface area (Å²) < 4.78 is 16.2. The molecule has 0 atom stereocenters. The van der Waals surface area contributed by atoms with Crippen LogP contribution in [0.15, 0.2) is 48.7 Å². The fraction of sp³-hybridized carbons (Fsp3) is 0.440. The number of imidazole rings is 1. The lowest BCUT2D eigenvalue weighted by Gasteiger charge is -2.24. The molecular weight excluding hydrogens is 441 g/mol. The number of hydrogen-bond donors (Lipinski definition) is 2. The standard InChI is InChI=1S/C25H30FN5O.ClH/c26-19-6-5-9-21(16-19)31(17-23(32)28-20-7-1-2-8-20)25-29-24(18-11-13-27-14-12-18)22-10-3-4-15-30(22)25;/h3-6,9-10,15-16,18,20,27H,1-2,7-8,11-14,17H2,(H,28,32);1H. The average molecular weight is 472 g/mol. The zero-order valence-electron chi connectivity index (χ0n) is 18.7. The van der Waals surface area contributed by atoms with E-state index in [1.165, 1.54) is 12.1 Å². The van der Waals surface area contributed by atoms with E-state index in [1.807, 2.05) is 33.7 Å². The maximum atomic E-state index is 14.2. The van der Waals surface area contributed by atoms with Crippen LogP contribution in [0.5, 0.6) is 0 Å². The Kier molecular flexibility index (Phi) is 7.50. The minimum Gasteiger partial charge on any atom is -0.352 e. The van der Waals surface area contributed by atoms with Crippen LogP contribution in [0, 0.1) is 5.82 Å². The first kappa shape index (κ1) is 23.5. The summed E-state index contributed by atoms with van der Waals surface area (Å²) in [6, 6.07) is 12.7. The first-order valence-corrected chi connectivity index (χ1v) is 11.7. The molecule has 0 radical (unpaired) electrons. The highest BCUT2D eigenvalue weighted by molar-refractivity contribution is 5.85. The van der Waals surface area contributed by atoms with Gasteiger partial charge < -0.3 is 15.5 Å². The van der Waals surface area contributed by atoms with E-state index in [4.69, 9.17) is 4.98 Å². The predicted molar refractivity (Wildman–Crippen MR) is 131 cm³/mol. The van der Waals surface area contributed by atoms with Crippen molar-refractivity contribution >= 4 is 35.5 Å². The van der Waals surface area contributed by atoms with Crippen molar-refractivity contribution in [3.8, 4) is 0 Å². The number of anilines is 2. The van der Waals surface area contributed by atoms with E-state index in [2.05, 4.69) is 16.7 Å². The third-order valence-corrected chi connectivity index (χ3v) is 6.67. The van der Waals surface area contributed by atoms with Crippen LogP contribution in [-0.2, 0) is 4.79 Å². The third-order valence-electron chi connectivity index (χ3n) is 6.67. The van der Waals surface area contributed by atoms with Crippen molar-refractivity contribution in [2.24, 2.45) is 0 Å². The van der Waals surface area contributed by atoms with Gasteiger partial charge in [0.15, 0.2) is 0 Å². The molecule has 3 heterocycles. The summed E-state index contributed by atoms with van der Waals surface area (Å²) in [7, 11) is 0. The summed E-state index contributed by atoms with van der Waals surface area (Å²) in [5.41, 5.74) is 2.73. The summed E-state index contributed by atoms with van der Waals surface area (Å²) in [6.07, 6.45) is 8.40. The van der Waals surface area contributed by atoms with Crippen LogP contribution < -0.4 is 15.5 Å². The Morgan fingerprint density at radius 1 is 1.12 bits per heavy atom. The molecule has 0 spiro atoms. The molecule has 0 unspecified atom stereocenters. The van der Waals surface area contributed by atoms with Crippen LogP contribution in [0.3, 0.4) is 0 Å². The molecule has 5 rings (SSSR count). The zero-order valence-corrected chi connectivity index (χ0v) is 19.5. The van der Waals surface area contributed by atoms with Crippen molar-refractivity contribution in [1.29, 1.82) is 0 Å². The van der Waals surface area contributed by atoms with Crippen molar-refractivity contribution < 1.29 is 9.18 Å². The minimum atomic E-state index is -0.330. The molecular formula is C25H31ClFN5O. The zero-order chi connectivity index (χ0) is 21.9. The second-order valence-electron chi connectivity index (χ2n) is 8.89. The van der Waals surface area contributed by atoms with Gasteiger partial charge in [0.1, 0.15) is 12.4 Å². The van der Waals surface area contributed by atoms with Gasteiger partial charge in [0.2, 0.25) is 11.9 Å². The van der Waals surface area contributed by atoms with E-state index < -0.39 is 0 Å². The number of carbonyl (C=O) groups is 1. The number of benzene rings is 1. The number of aromatic nitrogens is 2. The van der Waals surface area contributed by atoms with Crippen molar-refractivity contribution in [1.82, 2.24) is 20.0 Å². The molecule has 1 aliphatic carbocycles. The molecule has 33 heavy (non-hydrogen) atoms. The second kappa shape index (κ2) is 10.5. The van der Waals surface area contributed by atoms with Crippen LogP contribution >= 0.6 is 12.4 Å². The molecule has 1 aromatic carbocycles. The van der Waals surface area contributed by atoms with Gasteiger partial charge in [0, 0.05) is 23.8 Å². The first-order valence-electron chi connectivity index (χ1n) is 11.7. The Balaban J connectivity index is 0.00000259. The molecule has 1 aliphatic heterocycles. The van der Waals surface area contributed by atoms with Gasteiger partial charge >= 0.3 is 0 Å². The number of halogens is 2. The van der Waals surface area contributed by atoms with Gasteiger partial charge in [-0.3, -0.25) is 9.20 Å². The Bertz CT molecular complexity index is 1090. The Morgan fingerprint density at radius 3 is 2.67 bits per heavy atom. The predicted octanol–water partition coefficient (Wildman–Crippen LogP) is 4.56. The molecule has 6 nitrogen and oxygen atoms in total. The average Bonchev–Trinajstić information content (AvgIpc) is 3.46. The SMILES string of the molecule is Cl.O=C(CN(c1cccc(F)c1)c1nc(C2CCNCC2)c2ccccn12)NC1CCCC1. The molecule has 1 saturated heterocycles. The van der Waals surface area contributed by atoms with E-state index >= 15 is 0 Å². The normalized spacial score (nSPS) is 17.1. The monoisotopic (exact) mass is 471 g/mol. The fourth-order valence-electron chi connectivity index (χ4n) is 5.04. The summed E-state index contributed by atoms with van der Waals surface area (Å²) in [5.74, 6) is 0.630. The van der Waals surface area contributed by atoms with Gasteiger partial charge in [-0.15, -0.1) is 12.4 Å². The quantitative estimate of drug-likeness (QED) is 0.553. The van der Waals surface area contributed by atoms with Gasteiger partial charge in [-0.2, -0.15) is 0 Å². The molecule has 2 aliphatic rings. The summed E-state index contributed by atoms with van der Waals surface area (Å²) in [6.45, 7) is 2.05. The molecule has 1 amide bonds. The van der Waals surface area contributed by atoms with Crippen LogP contribution in [0.4, 0.5) is 16.0 Å². The Labute approximate surface area is 200 Å². The lowest BCUT2D eigenvalue weighted by atomic mass is 9.94. The smallest absolute Gasteiger partial charge is 0.240 e. The van der Waals surface area contributed by atoms with Crippen LogP contribution in [0.2, 0.25) is 0 Å². The molecule has 3 aromatic rings. The highest BCUT2D eigenvalue weighted by Gasteiger charge is 2.27. The number of nitrogens with one attached hydrogen (secondary N) is 2. The van der Waals surface area contributed by atoms with Crippen molar-refractivity contribution in [2.75, 3.05) is 24.5 Å². The van der Waals surface area contributed by atoms with Crippen molar-refractivity contribution in [3.05, 3.63) is 60.2 Å². The first-order chi connectivity index (χ1) is 15.7.